The molecule has 0 bridgehead atoms. The molecule has 0 spiro atoms. The zero-order valence-electron chi connectivity index (χ0n) is 5.34. The lowest BCUT2D eigenvalue weighted by Crippen LogP contribution is -1.91. The fraction of sp³-hybridized carbons (Fsp3) is 0. The van der Waals surface area contributed by atoms with Gasteiger partial charge in [-0.2, -0.15) is 0 Å². The van der Waals surface area contributed by atoms with Gasteiger partial charge in [0.15, 0.2) is 0 Å². The van der Waals surface area contributed by atoms with Gasteiger partial charge in [-0.3, -0.25) is 0 Å². The van der Waals surface area contributed by atoms with Gasteiger partial charge in [0.25, 0.3) is 0 Å². The predicted octanol–water partition coefficient (Wildman–Crippen LogP) is 1.96. The number of nitrogen functional groups attached to an aromatic ring is 1. The summed E-state index contributed by atoms with van der Waals surface area (Å²) in [6.45, 7) is 3.53. The van der Waals surface area contributed by atoms with E-state index in [2.05, 4.69) is 11.6 Å². The number of anilines is 1. The van der Waals surface area contributed by atoms with E-state index < -0.39 is 0 Å². The van der Waals surface area contributed by atoms with E-state index in [0.29, 0.717) is 16.5 Å². The van der Waals surface area contributed by atoms with Crippen molar-refractivity contribution in [2.24, 2.45) is 0 Å². The van der Waals surface area contributed by atoms with Crippen molar-refractivity contribution in [1.29, 1.82) is 0 Å². The van der Waals surface area contributed by atoms with Gasteiger partial charge in [0.1, 0.15) is 5.82 Å². The Hall–Kier alpha value is -1.02. The standard InChI is InChI=1S/C7H7ClN2/c1-2-6-5(8)3-4-7(9)10-6/h2-4H,1H2,(H2,9,10). The topological polar surface area (TPSA) is 38.9 Å². The summed E-state index contributed by atoms with van der Waals surface area (Å²) < 4.78 is 0. The van der Waals surface area contributed by atoms with Crippen LogP contribution in [0, 0.1) is 0 Å². The molecule has 0 atom stereocenters. The van der Waals surface area contributed by atoms with Gasteiger partial charge >= 0.3 is 0 Å². The Balaban J connectivity index is 3.21. The molecule has 1 aromatic rings. The molecule has 52 valence electrons. The quantitative estimate of drug-likeness (QED) is 0.672. The summed E-state index contributed by atoms with van der Waals surface area (Å²) in [6.07, 6.45) is 1.57. The molecule has 0 saturated heterocycles. The number of nitrogens with two attached hydrogens (primary N) is 1. The second-order valence-electron chi connectivity index (χ2n) is 1.81. The molecule has 0 radical (unpaired) electrons. The SMILES string of the molecule is C=Cc1nc(N)ccc1Cl. The lowest BCUT2D eigenvalue weighted by Gasteiger charge is -1.96. The van der Waals surface area contributed by atoms with Crippen molar-refractivity contribution in [3.63, 3.8) is 0 Å². The van der Waals surface area contributed by atoms with E-state index in [1.807, 2.05) is 0 Å². The Morgan fingerprint density at radius 2 is 2.30 bits per heavy atom. The summed E-state index contributed by atoms with van der Waals surface area (Å²) in [5.74, 6) is 0.458. The third kappa shape index (κ3) is 1.28. The summed E-state index contributed by atoms with van der Waals surface area (Å²) in [5.41, 5.74) is 6.01. The van der Waals surface area contributed by atoms with Crippen molar-refractivity contribution in [3.05, 3.63) is 29.4 Å². The van der Waals surface area contributed by atoms with E-state index in [1.165, 1.54) is 0 Å². The van der Waals surface area contributed by atoms with E-state index in [4.69, 9.17) is 17.3 Å². The maximum atomic E-state index is 5.71. The number of rotatable bonds is 1. The van der Waals surface area contributed by atoms with Crippen LogP contribution in [0.15, 0.2) is 18.7 Å². The van der Waals surface area contributed by atoms with Crippen LogP contribution in [0.1, 0.15) is 5.69 Å². The van der Waals surface area contributed by atoms with Gasteiger partial charge in [-0.1, -0.05) is 18.2 Å². The highest BCUT2D eigenvalue weighted by Gasteiger charge is 1.95. The molecular weight excluding hydrogens is 148 g/mol. The van der Waals surface area contributed by atoms with Crippen molar-refractivity contribution in [2.45, 2.75) is 0 Å². The molecule has 1 heterocycles. The first-order valence-electron chi connectivity index (χ1n) is 2.78. The molecule has 0 fully saturated rings. The highest BCUT2D eigenvalue weighted by atomic mass is 35.5. The summed E-state index contributed by atoms with van der Waals surface area (Å²) in [5, 5.41) is 0.573. The van der Waals surface area contributed by atoms with Crippen molar-refractivity contribution in [3.8, 4) is 0 Å². The van der Waals surface area contributed by atoms with Crippen molar-refractivity contribution >= 4 is 23.5 Å². The lowest BCUT2D eigenvalue weighted by atomic mass is 10.3. The number of nitrogens with zero attached hydrogens (tertiary/aromatic N) is 1. The number of halogens is 1. The second-order valence-corrected chi connectivity index (χ2v) is 2.21. The largest absolute Gasteiger partial charge is 0.384 e. The van der Waals surface area contributed by atoms with E-state index in [-0.39, 0.29) is 0 Å². The molecule has 0 amide bonds. The molecule has 0 aliphatic heterocycles. The average Bonchev–Trinajstić information content (AvgIpc) is 1.94. The Kier molecular flexibility index (Phi) is 1.92. The Morgan fingerprint density at radius 1 is 1.60 bits per heavy atom. The first-order valence-corrected chi connectivity index (χ1v) is 3.16. The molecule has 0 aliphatic rings. The van der Waals surface area contributed by atoms with Crippen molar-refractivity contribution in [1.82, 2.24) is 4.98 Å². The zero-order valence-corrected chi connectivity index (χ0v) is 6.10. The minimum atomic E-state index is 0.458. The van der Waals surface area contributed by atoms with Gasteiger partial charge in [-0.15, -0.1) is 0 Å². The summed E-state index contributed by atoms with van der Waals surface area (Å²) in [7, 11) is 0. The van der Waals surface area contributed by atoms with Crippen LogP contribution in [0.3, 0.4) is 0 Å². The van der Waals surface area contributed by atoms with Crippen molar-refractivity contribution in [2.75, 3.05) is 5.73 Å². The molecule has 0 unspecified atom stereocenters. The zero-order chi connectivity index (χ0) is 7.56. The average molecular weight is 155 g/mol. The molecule has 0 aromatic carbocycles. The Bertz CT molecular complexity index is 258. The minimum absolute atomic E-state index is 0.458. The van der Waals surface area contributed by atoms with Gasteiger partial charge in [-0.25, -0.2) is 4.98 Å². The molecule has 1 rings (SSSR count). The minimum Gasteiger partial charge on any atom is -0.384 e. The number of hydrogen-bond donors (Lipinski definition) is 1. The highest BCUT2D eigenvalue weighted by molar-refractivity contribution is 6.31. The molecule has 10 heavy (non-hydrogen) atoms. The van der Waals surface area contributed by atoms with Crippen molar-refractivity contribution < 1.29 is 0 Å². The van der Waals surface area contributed by atoms with Crippen LogP contribution in [0.5, 0.6) is 0 Å². The second kappa shape index (κ2) is 2.71. The monoisotopic (exact) mass is 154 g/mol. The summed E-state index contributed by atoms with van der Waals surface area (Å²) >= 11 is 5.71. The Morgan fingerprint density at radius 3 is 2.80 bits per heavy atom. The maximum Gasteiger partial charge on any atom is 0.124 e. The molecule has 0 saturated carbocycles. The van der Waals surface area contributed by atoms with Crippen LogP contribution in [0.4, 0.5) is 5.82 Å². The molecule has 2 nitrogen and oxygen atoms in total. The first kappa shape index (κ1) is 7.09. The number of aromatic nitrogens is 1. The third-order valence-electron chi connectivity index (χ3n) is 1.09. The molecule has 3 heteroatoms. The van der Waals surface area contributed by atoms with E-state index in [1.54, 1.807) is 18.2 Å². The predicted molar refractivity (Wildman–Crippen MR) is 43.8 cm³/mol. The summed E-state index contributed by atoms with van der Waals surface area (Å²) in [4.78, 5) is 3.92. The van der Waals surface area contributed by atoms with Crippen LogP contribution in [0.2, 0.25) is 5.02 Å². The van der Waals surface area contributed by atoms with E-state index in [9.17, 15) is 0 Å². The molecular formula is C7H7ClN2. The summed E-state index contributed by atoms with van der Waals surface area (Å²) in [6, 6.07) is 3.34. The fourth-order valence-electron chi connectivity index (χ4n) is 0.617. The van der Waals surface area contributed by atoms with E-state index >= 15 is 0 Å². The molecule has 1 aromatic heterocycles. The van der Waals surface area contributed by atoms with Gasteiger partial charge < -0.3 is 5.73 Å². The Labute approximate surface area is 64.3 Å². The van der Waals surface area contributed by atoms with Gasteiger partial charge in [-0.05, 0) is 18.2 Å². The number of pyridine rings is 1. The molecule has 0 aliphatic carbocycles. The lowest BCUT2D eigenvalue weighted by molar-refractivity contribution is 1.31. The fourth-order valence-corrected chi connectivity index (χ4v) is 0.799. The van der Waals surface area contributed by atoms with Gasteiger partial charge in [0, 0.05) is 0 Å². The number of hydrogen-bond acceptors (Lipinski definition) is 2. The van der Waals surface area contributed by atoms with Crippen LogP contribution < -0.4 is 5.73 Å². The third-order valence-corrected chi connectivity index (χ3v) is 1.41. The maximum absolute atomic E-state index is 5.71. The normalized spacial score (nSPS) is 9.30. The van der Waals surface area contributed by atoms with E-state index in [0.717, 1.165) is 0 Å². The first-order chi connectivity index (χ1) is 4.74. The van der Waals surface area contributed by atoms with Crippen LogP contribution in [-0.4, -0.2) is 4.98 Å². The molecule has 2 N–H and O–H groups in total. The van der Waals surface area contributed by atoms with Crippen LogP contribution in [0.25, 0.3) is 6.08 Å². The van der Waals surface area contributed by atoms with Crippen LogP contribution in [-0.2, 0) is 0 Å². The highest BCUT2D eigenvalue weighted by Crippen LogP contribution is 2.15. The van der Waals surface area contributed by atoms with Crippen LogP contribution >= 0.6 is 11.6 Å². The smallest absolute Gasteiger partial charge is 0.124 e. The van der Waals surface area contributed by atoms with Gasteiger partial charge in [0.05, 0.1) is 10.7 Å². The van der Waals surface area contributed by atoms with Gasteiger partial charge in [0.2, 0.25) is 0 Å².